The molecule has 21 heavy (non-hydrogen) atoms. The monoisotopic (exact) mass is 274 g/mol. The van der Waals surface area contributed by atoms with Crippen LogP contribution in [0, 0.1) is 22.7 Å². The predicted octanol–water partition coefficient (Wildman–Crippen LogP) is 3.06. The van der Waals surface area contributed by atoms with E-state index in [0.29, 0.717) is 22.3 Å². The molecule has 4 heteroatoms. The van der Waals surface area contributed by atoms with E-state index in [4.69, 9.17) is 10.5 Å². The van der Waals surface area contributed by atoms with Gasteiger partial charge in [0.05, 0.1) is 28.8 Å². The first-order valence-corrected chi connectivity index (χ1v) is 6.10. The predicted molar refractivity (Wildman–Crippen MR) is 77.8 cm³/mol. The van der Waals surface area contributed by atoms with Crippen LogP contribution in [0.2, 0.25) is 0 Å². The Bertz CT molecular complexity index is 808. The van der Waals surface area contributed by atoms with Crippen molar-refractivity contribution in [2.24, 2.45) is 0 Å². The molecule has 4 nitrogen and oxygen atoms in total. The summed E-state index contributed by atoms with van der Waals surface area (Å²) in [6, 6.07) is 17.1. The van der Waals surface area contributed by atoms with Crippen LogP contribution in [-0.4, -0.2) is 11.1 Å². The molecule has 0 bridgehead atoms. The van der Waals surface area contributed by atoms with Crippen molar-refractivity contribution >= 4 is 17.6 Å². The van der Waals surface area contributed by atoms with Gasteiger partial charge in [-0.05, 0) is 41.5 Å². The maximum absolute atomic E-state index is 11.4. The van der Waals surface area contributed by atoms with Crippen molar-refractivity contribution in [2.45, 2.75) is 0 Å². The van der Waals surface area contributed by atoms with Gasteiger partial charge in [-0.3, -0.25) is 0 Å². The zero-order chi connectivity index (χ0) is 15.2. The van der Waals surface area contributed by atoms with Crippen molar-refractivity contribution in [3.63, 3.8) is 0 Å². The molecule has 2 rings (SSSR count). The van der Waals surface area contributed by atoms with Crippen LogP contribution in [0.25, 0.3) is 11.6 Å². The maximum Gasteiger partial charge on any atom is 0.336 e. The number of hydrogen-bond donors (Lipinski definition) is 1. The largest absolute Gasteiger partial charge is 0.478 e. The van der Waals surface area contributed by atoms with Crippen molar-refractivity contribution in [1.82, 2.24) is 0 Å². The van der Waals surface area contributed by atoms with Gasteiger partial charge in [-0.1, -0.05) is 24.3 Å². The van der Waals surface area contributed by atoms with Crippen LogP contribution in [0.1, 0.15) is 22.3 Å². The molecule has 0 radical (unpaired) electrons. The number of aliphatic carboxylic acids is 1. The average Bonchev–Trinajstić information content (AvgIpc) is 2.52. The summed E-state index contributed by atoms with van der Waals surface area (Å²) in [5.74, 6) is -1.09. The Hall–Kier alpha value is -3.37. The summed E-state index contributed by atoms with van der Waals surface area (Å²) in [7, 11) is 0. The number of hydrogen-bond acceptors (Lipinski definition) is 3. The maximum atomic E-state index is 11.4. The highest BCUT2D eigenvalue weighted by Gasteiger charge is 2.11. The number of carboxylic acid groups (broad SMARTS) is 1. The van der Waals surface area contributed by atoms with Crippen molar-refractivity contribution < 1.29 is 9.90 Å². The van der Waals surface area contributed by atoms with E-state index in [2.05, 4.69) is 0 Å². The third-order valence-corrected chi connectivity index (χ3v) is 2.86. The second-order valence-electron chi connectivity index (χ2n) is 4.29. The van der Waals surface area contributed by atoms with Crippen LogP contribution < -0.4 is 0 Å². The lowest BCUT2D eigenvalue weighted by Gasteiger charge is -2.04. The van der Waals surface area contributed by atoms with Crippen LogP contribution >= 0.6 is 0 Å². The van der Waals surface area contributed by atoms with Gasteiger partial charge >= 0.3 is 5.97 Å². The Morgan fingerprint density at radius 3 is 2.24 bits per heavy atom. The Morgan fingerprint density at radius 1 is 1.00 bits per heavy atom. The van der Waals surface area contributed by atoms with E-state index in [1.165, 1.54) is 12.1 Å². The summed E-state index contributed by atoms with van der Waals surface area (Å²) in [6.45, 7) is 0. The number of nitrogens with zero attached hydrogens (tertiary/aromatic N) is 2. The smallest absolute Gasteiger partial charge is 0.336 e. The molecule has 0 amide bonds. The van der Waals surface area contributed by atoms with Crippen molar-refractivity contribution in [1.29, 1.82) is 10.5 Å². The zero-order valence-corrected chi connectivity index (χ0v) is 10.9. The van der Waals surface area contributed by atoms with Crippen LogP contribution in [0.4, 0.5) is 0 Å². The average molecular weight is 274 g/mol. The molecule has 0 aliphatic rings. The Morgan fingerprint density at radius 2 is 1.62 bits per heavy atom. The fraction of sp³-hybridized carbons (Fsp3) is 0. The van der Waals surface area contributed by atoms with Gasteiger partial charge in [0.25, 0.3) is 0 Å². The lowest BCUT2D eigenvalue weighted by atomic mass is 10.0. The summed E-state index contributed by atoms with van der Waals surface area (Å²) in [6.07, 6.45) is 1.49. The quantitative estimate of drug-likeness (QED) is 0.688. The van der Waals surface area contributed by atoms with Crippen LogP contribution in [-0.2, 0) is 4.79 Å². The van der Waals surface area contributed by atoms with E-state index in [1.807, 2.05) is 12.1 Å². The molecule has 100 valence electrons. The molecule has 0 aliphatic heterocycles. The van der Waals surface area contributed by atoms with E-state index in [9.17, 15) is 9.90 Å². The minimum Gasteiger partial charge on any atom is -0.478 e. The van der Waals surface area contributed by atoms with Crippen molar-refractivity contribution in [3.8, 4) is 12.1 Å². The van der Waals surface area contributed by atoms with E-state index in [1.54, 1.807) is 42.5 Å². The summed E-state index contributed by atoms with van der Waals surface area (Å²) >= 11 is 0. The molecule has 0 fully saturated rings. The van der Waals surface area contributed by atoms with Gasteiger partial charge in [0.1, 0.15) is 0 Å². The molecule has 0 atom stereocenters. The van der Waals surface area contributed by atoms with Crippen LogP contribution in [0.5, 0.6) is 0 Å². The van der Waals surface area contributed by atoms with Gasteiger partial charge in [0.15, 0.2) is 0 Å². The first kappa shape index (κ1) is 14.0. The Balaban J connectivity index is 2.53. The Kier molecular flexibility index (Phi) is 4.14. The Labute approximate surface area is 121 Å². The number of nitriles is 2. The molecule has 0 saturated heterocycles. The number of carbonyl (C=O) groups is 1. The van der Waals surface area contributed by atoms with Crippen molar-refractivity contribution in [3.05, 3.63) is 70.8 Å². The van der Waals surface area contributed by atoms with Gasteiger partial charge in [0.2, 0.25) is 0 Å². The fourth-order valence-electron chi connectivity index (χ4n) is 1.89. The van der Waals surface area contributed by atoms with E-state index < -0.39 is 5.97 Å². The SMILES string of the molecule is N#Cc1cccc(/C=C(/C(=O)O)c2cccc(C#N)c2)c1. The van der Waals surface area contributed by atoms with Crippen LogP contribution in [0.15, 0.2) is 48.5 Å². The highest BCUT2D eigenvalue weighted by molar-refractivity contribution is 6.20. The van der Waals surface area contributed by atoms with Gasteiger partial charge in [0, 0.05) is 0 Å². The highest BCUT2D eigenvalue weighted by atomic mass is 16.4. The lowest BCUT2D eigenvalue weighted by Crippen LogP contribution is -2.00. The second kappa shape index (κ2) is 6.18. The topological polar surface area (TPSA) is 84.9 Å². The highest BCUT2D eigenvalue weighted by Crippen LogP contribution is 2.20. The minimum absolute atomic E-state index is 0.0715. The van der Waals surface area contributed by atoms with Crippen molar-refractivity contribution in [2.75, 3.05) is 0 Å². The summed E-state index contributed by atoms with van der Waals surface area (Å²) < 4.78 is 0. The molecule has 2 aromatic carbocycles. The fourth-order valence-corrected chi connectivity index (χ4v) is 1.89. The second-order valence-corrected chi connectivity index (χ2v) is 4.29. The van der Waals surface area contributed by atoms with E-state index in [-0.39, 0.29) is 5.57 Å². The minimum atomic E-state index is -1.09. The lowest BCUT2D eigenvalue weighted by molar-refractivity contribution is -0.130. The summed E-state index contributed by atoms with van der Waals surface area (Å²) in [5, 5.41) is 27.1. The molecule has 0 heterocycles. The molecule has 0 aromatic heterocycles. The summed E-state index contributed by atoms with van der Waals surface area (Å²) in [4.78, 5) is 11.4. The number of carboxylic acids is 1. The molecule has 2 aromatic rings. The summed E-state index contributed by atoms with van der Waals surface area (Å²) in [5.41, 5.74) is 1.99. The third-order valence-electron chi connectivity index (χ3n) is 2.86. The number of rotatable bonds is 3. The molecular formula is C17H10N2O2. The van der Waals surface area contributed by atoms with Gasteiger partial charge in [-0.25, -0.2) is 4.79 Å². The molecular weight excluding hydrogens is 264 g/mol. The molecule has 0 unspecified atom stereocenters. The normalized spacial score (nSPS) is 10.5. The molecule has 0 spiro atoms. The standard InChI is InChI=1S/C17H10N2O2/c18-10-13-4-1-3-12(7-13)9-16(17(20)21)15-6-2-5-14(8-15)11-19/h1-9H,(H,20,21)/b16-9+. The first-order chi connectivity index (χ1) is 10.1. The first-order valence-electron chi connectivity index (χ1n) is 6.10. The van der Waals surface area contributed by atoms with Gasteiger partial charge < -0.3 is 5.11 Å². The van der Waals surface area contributed by atoms with Gasteiger partial charge in [-0.15, -0.1) is 0 Å². The van der Waals surface area contributed by atoms with Crippen LogP contribution in [0.3, 0.4) is 0 Å². The number of benzene rings is 2. The molecule has 0 aliphatic carbocycles. The third kappa shape index (κ3) is 3.34. The van der Waals surface area contributed by atoms with Gasteiger partial charge in [-0.2, -0.15) is 10.5 Å². The molecule has 0 saturated carbocycles. The van der Waals surface area contributed by atoms with E-state index in [0.717, 1.165) is 0 Å². The van der Waals surface area contributed by atoms with E-state index >= 15 is 0 Å². The molecule has 1 N–H and O–H groups in total. The zero-order valence-electron chi connectivity index (χ0n) is 10.9.